The van der Waals surface area contributed by atoms with Gasteiger partial charge in [0.2, 0.25) is 0 Å². The van der Waals surface area contributed by atoms with Crippen molar-refractivity contribution >= 4 is 17.3 Å². The molecule has 0 radical (unpaired) electrons. The van der Waals surface area contributed by atoms with Crippen LogP contribution in [0.2, 0.25) is 5.15 Å². The Bertz CT molecular complexity index is 321. The third kappa shape index (κ3) is 1.99. The number of anilines is 1. The normalized spacial score (nSPS) is 17.1. The Kier molecular flexibility index (Phi) is 2.89. The van der Waals surface area contributed by atoms with Crippen molar-refractivity contribution in [1.82, 2.24) is 10.3 Å². The Morgan fingerprint density at radius 3 is 2.79 bits per heavy atom. The number of pyridine rings is 1. The summed E-state index contributed by atoms with van der Waals surface area (Å²) in [6, 6.07) is 2.10. The molecule has 2 heterocycles. The summed E-state index contributed by atoms with van der Waals surface area (Å²) in [5.74, 6) is 0. The third-order valence-electron chi connectivity index (χ3n) is 2.48. The van der Waals surface area contributed by atoms with E-state index in [4.69, 9.17) is 11.6 Å². The number of hydrogen-bond donors (Lipinski definition) is 1. The molecule has 1 saturated heterocycles. The fourth-order valence-electron chi connectivity index (χ4n) is 1.64. The van der Waals surface area contributed by atoms with Crippen molar-refractivity contribution in [2.75, 3.05) is 31.1 Å². The van der Waals surface area contributed by atoms with E-state index in [1.807, 2.05) is 13.1 Å². The standard InChI is InChI=1S/C10H14ClN3/c1-8-6-9(7-13-10(8)11)14-4-2-12-3-5-14/h6-7,12H,2-5H2,1H3. The van der Waals surface area contributed by atoms with Crippen LogP contribution >= 0.6 is 11.6 Å². The monoisotopic (exact) mass is 211 g/mol. The van der Waals surface area contributed by atoms with Crippen LogP contribution in [-0.2, 0) is 0 Å². The van der Waals surface area contributed by atoms with Crippen LogP contribution in [-0.4, -0.2) is 31.2 Å². The van der Waals surface area contributed by atoms with Crippen molar-refractivity contribution in [3.63, 3.8) is 0 Å². The highest BCUT2D eigenvalue weighted by Gasteiger charge is 2.11. The van der Waals surface area contributed by atoms with E-state index in [0.717, 1.165) is 31.7 Å². The summed E-state index contributed by atoms with van der Waals surface area (Å²) in [4.78, 5) is 6.48. The van der Waals surface area contributed by atoms with E-state index in [0.29, 0.717) is 5.15 Å². The highest BCUT2D eigenvalue weighted by atomic mass is 35.5. The molecule has 0 bridgehead atoms. The van der Waals surface area contributed by atoms with Crippen LogP contribution in [0.1, 0.15) is 5.56 Å². The topological polar surface area (TPSA) is 28.2 Å². The first-order valence-corrected chi connectivity index (χ1v) is 5.23. The molecule has 1 aliphatic heterocycles. The molecular formula is C10H14ClN3. The average molecular weight is 212 g/mol. The molecule has 0 atom stereocenters. The number of piperazine rings is 1. The van der Waals surface area contributed by atoms with Crippen LogP contribution in [0.4, 0.5) is 5.69 Å². The van der Waals surface area contributed by atoms with Crippen molar-refractivity contribution in [2.24, 2.45) is 0 Å². The van der Waals surface area contributed by atoms with Gasteiger partial charge in [0.05, 0.1) is 11.9 Å². The summed E-state index contributed by atoms with van der Waals surface area (Å²) in [5.41, 5.74) is 2.22. The first kappa shape index (κ1) is 9.74. The first-order chi connectivity index (χ1) is 6.77. The molecule has 0 saturated carbocycles. The van der Waals surface area contributed by atoms with E-state index >= 15 is 0 Å². The van der Waals surface area contributed by atoms with E-state index < -0.39 is 0 Å². The summed E-state index contributed by atoms with van der Waals surface area (Å²) in [5, 5.41) is 3.92. The Hall–Kier alpha value is -0.800. The van der Waals surface area contributed by atoms with Gasteiger partial charge in [0.1, 0.15) is 5.15 Å². The zero-order chi connectivity index (χ0) is 9.97. The lowest BCUT2D eigenvalue weighted by molar-refractivity contribution is 0.588. The van der Waals surface area contributed by atoms with Gasteiger partial charge in [0.15, 0.2) is 0 Å². The van der Waals surface area contributed by atoms with Gasteiger partial charge in [-0.3, -0.25) is 0 Å². The average Bonchev–Trinajstić information content (AvgIpc) is 2.23. The number of hydrogen-bond acceptors (Lipinski definition) is 3. The van der Waals surface area contributed by atoms with Crippen molar-refractivity contribution in [3.8, 4) is 0 Å². The number of aryl methyl sites for hydroxylation is 1. The maximum atomic E-state index is 5.88. The summed E-state index contributed by atoms with van der Waals surface area (Å²) in [7, 11) is 0. The van der Waals surface area contributed by atoms with Gasteiger partial charge >= 0.3 is 0 Å². The number of halogens is 1. The molecule has 1 N–H and O–H groups in total. The Morgan fingerprint density at radius 2 is 2.14 bits per heavy atom. The highest BCUT2D eigenvalue weighted by molar-refractivity contribution is 6.30. The van der Waals surface area contributed by atoms with Gasteiger partial charge in [0, 0.05) is 26.2 Å². The van der Waals surface area contributed by atoms with Crippen LogP contribution in [0, 0.1) is 6.92 Å². The molecule has 0 aliphatic carbocycles. The fourth-order valence-corrected chi connectivity index (χ4v) is 1.74. The van der Waals surface area contributed by atoms with Gasteiger partial charge in [-0.15, -0.1) is 0 Å². The molecular weight excluding hydrogens is 198 g/mol. The highest BCUT2D eigenvalue weighted by Crippen LogP contribution is 2.19. The van der Waals surface area contributed by atoms with Crippen LogP contribution < -0.4 is 10.2 Å². The quantitative estimate of drug-likeness (QED) is 0.713. The van der Waals surface area contributed by atoms with Crippen molar-refractivity contribution < 1.29 is 0 Å². The third-order valence-corrected chi connectivity index (χ3v) is 2.88. The van der Waals surface area contributed by atoms with Gasteiger partial charge in [-0.05, 0) is 18.6 Å². The summed E-state index contributed by atoms with van der Waals surface area (Å²) in [6.07, 6.45) is 1.85. The van der Waals surface area contributed by atoms with Crippen LogP contribution in [0.15, 0.2) is 12.3 Å². The molecule has 0 unspecified atom stereocenters. The molecule has 0 amide bonds. The summed E-state index contributed by atoms with van der Waals surface area (Å²) in [6.45, 7) is 6.16. The molecule has 2 rings (SSSR count). The fraction of sp³-hybridized carbons (Fsp3) is 0.500. The molecule has 1 aromatic rings. The molecule has 0 spiro atoms. The lowest BCUT2D eigenvalue weighted by Gasteiger charge is -2.29. The predicted octanol–water partition coefficient (Wildman–Crippen LogP) is 1.45. The van der Waals surface area contributed by atoms with Gasteiger partial charge < -0.3 is 10.2 Å². The zero-order valence-corrected chi connectivity index (χ0v) is 9.01. The smallest absolute Gasteiger partial charge is 0.132 e. The minimum absolute atomic E-state index is 0.601. The lowest BCUT2D eigenvalue weighted by Crippen LogP contribution is -2.43. The van der Waals surface area contributed by atoms with Crippen LogP contribution in [0.25, 0.3) is 0 Å². The van der Waals surface area contributed by atoms with E-state index in [1.54, 1.807) is 0 Å². The van der Waals surface area contributed by atoms with E-state index in [-0.39, 0.29) is 0 Å². The zero-order valence-electron chi connectivity index (χ0n) is 8.26. The maximum Gasteiger partial charge on any atom is 0.132 e. The number of aromatic nitrogens is 1. The van der Waals surface area contributed by atoms with Gasteiger partial charge in [0.25, 0.3) is 0 Å². The molecule has 14 heavy (non-hydrogen) atoms. The van der Waals surface area contributed by atoms with Crippen molar-refractivity contribution in [3.05, 3.63) is 23.0 Å². The SMILES string of the molecule is Cc1cc(N2CCNCC2)cnc1Cl. The molecule has 1 fully saturated rings. The second-order valence-electron chi connectivity index (χ2n) is 3.54. The van der Waals surface area contributed by atoms with Gasteiger partial charge in [-0.1, -0.05) is 11.6 Å². The molecule has 3 nitrogen and oxygen atoms in total. The number of nitrogens with zero attached hydrogens (tertiary/aromatic N) is 2. The Balaban J connectivity index is 2.18. The largest absolute Gasteiger partial charge is 0.368 e. The van der Waals surface area contributed by atoms with Crippen molar-refractivity contribution in [1.29, 1.82) is 0 Å². The minimum atomic E-state index is 0.601. The molecule has 76 valence electrons. The Morgan fingerprint density at radius 1 is 1.43 bits per heavy atom. The lowest BCUT2D eigenvalue weighted by atomic mass is 10.2. The van der Waals surface area contributed by atoms with Crippen LogP contribution in [0.5, 0.6) is 0 Å². The summed E-state index contributed by atoms with van der Waals surface area (Å²) < 4.78 is 0. The van der Waals surface area contributed by atoms with Gasteiger partial charge in [-0.25, -0.2) is 4.98 Å². The minimum Gasteiger partial charge on any atom is -0.368 e. The second-order valence-corrected chi connectivity index (χ2v) is 3.90. The predicted molar refractivity (Wildman–Crippen MR) is 59.1 cm³/mol. The first-order valence-electron chi connectivity index (χ1n) is 4.85. The molecule has 0 aromatic carbocycles. The Labute approximate surface area is 89.1 Å². The molecule has 4 heteroatoms. The van der Waals surface area contributed by atoms with Crippen molar-refractivity contribution in [2.45, 2.75) is 6.92 Å². The van der Waals surface area contributed by atoms with Gasteiger partial charge in [-0.2, -0.15) is 0 Å². The van der Waals surface area contributed by atoms with E-state index in [2.05, 4.69) is 21.3 Å². The second kappa shape index (κ2) is 4.15. The molecule has 1 aromatic heterocycles. The van der Waals surface area contributed by atoms with E-state index in [9.17, 15) is 0 Å². The van der Waals surface area contributed by atoms with E-state index in [1.165, 1.54) is 5.69 Å². The van der Waals surface area contributed by atoms with Crippen LogP contribution in [0.3, 0.4) is 0 Å². The molecule has 1 aliphatic rings. The summed E-state index contributed by atoms with van der Waals surface area (Å²) >= 11 is 5.88. The number of nitrogens with one attached hydrogen (secondary N) is 1. The maximum absolute atomic E-state index is 5.88. The number of rotatable bonds is 1.